The molecular formula is C24H26N2O2. The Morgan fingerprint density at radius 1 is 1.14 bits per heavy atom. The molecule has 1 aliphatic heterocycles. The first-order chi connectivity index (χ1) is 13.4. The fourth-order valence-corrected chi connectivity index (χ4v) is 4.29. The first-order valence-corrected chi connectivity index (χ1v) is 9.70. The Bertz CT molecular complexity index is 988. The predicted octanol–water partition coefficient (Wildman–Crippen LogP) is 5.34. The van der Waals surface area contributed by atoms with Gasteiger partial charge in [-0.25, -0.2) is 0 Å². The zero-order chi connectivity index (χ0) is 19.9. The van der Waals surface area contributed by atoms with Crippen molar-refractivity contribution in [1.82, 2.24) is 0 Å². The van der Waals surface area contributed by atoms with Crippen molar-refractivity contribution in [3.63, 3.8) is 0 Å². The smallest absolute Gasteiger partial charge is 0.163 e. The molecule has 0 fully saturated rings. The maximum absolute atomic E-state index is 13.2. The van der Waals surface area contributed by atoms with E-state index in [-0.39, 0.29) is 16.9 Å². The van der Waals surface area contributed by atoms with Crippen LogP contribution in [0.1, 0.15) is 43.9 Å². The second kappa shape index (κ2) is 6.86. The van der Waals surface area contributed by atoms with Gasteiger partial charge >= 0.3 is 0 Å². The molecule has 4 heteroatoms. The molecule has 28 heavy (non-hydrogen) atoms. The third-order valence-electron chi connectivity index (χ3n) is 5.55. The quantitative estimate of drug-likeness (QED) is 0.635. The number of carbonyl (C=O) groups excluding carboxylic acids is 1. The van der Waals surface area contributed by atoms with Crippen LogP contribution in [0.2, 0.25) is 0 Å². The Morgan fingerprint density at radius 3 is 2.64 bits per heavy atom. The molecule has 0 amide bonds. The number of carbonyl (C=O) groups is 1. The molecule has 1 aliphatic carbocycles. The van der Waals surface area contributed by atoms with Crippen LogP contribution in [0.4, 0.5) is 11.4 Å². The summed E-state index contributed by atoms with van der Waals surface area (Å²) in [5.74, 6) is 0.348. The zero-order valence-corrected chi connectivity index (χ0v) is 16.4. The summed E-state index contributed by atoms with van der Waals surface area (Å²) in [5, 5.41) is 18.0. The Kier molecular flexibility index (Phi) is 4.50. The highest BCUT2D eigenvalue weighted by molar-refractivity contribution is 6.01. The van der Waals surface area contributed by atoms with Gasteiger partial charge in [0.1, 0.15) is 5.75 Å². The predicted molar refractivity (Wildman–Crippen MR) is 113 cm³/mol. The van der Waals surface area contributed by atoms with Crippen molar-refractivity contribution in [3.05, 3.63) is 77.5 Å². The lowest BCUT2D eigenvalue weighted by Gasteiger charge is -2.34. The molecule has 1 atom stereocenters. The summed E-state index contributed by atoms with van der Waals surface area (Å²) in [6.45, 7) is 8.02. The van der Waals surface area contributed by atoms with Crippen LogP contribution in [-0.4, -0.2) is 10.9 Å². The molecule has 0 bridgehead atoms. The maximum atomic E-state index is 13.2. The first-order valence-electron chi connectivity index (χ1n) is 9.70. The topological polar surface area (TPSA) is 61.4 Å². The summed E-state index contributed by atoms with van der Waals surface area (Å²) in [4.78, 5) is 13.2. The molecule has 0 saturated carbocycles. The molecule has 4 nitrogen and oxygen atoms in total. The number of benzene rings is 2. The molecule has 0 radical (unpaired) electrons. The van der Waals surface area contributed by atoms with E-state index in [4.69, 9.17) is 0 Å². The standard InChI is InChI=1S/C24H26N2O2/c1-4-8-15-9-7-10-16(23(15)28)22-21-19(13-24(2,3)14-20(21)27)25-17-11-5-6-12-18(17)26-22/h4-7,9-12,22,25-26,28H,1,8,13-14H2,2-3H3. The summed E-state index contributed by atoms with van der Waals surface area (Å²) in [5.41, 5.74) is 4.97. The average molecular weight is 374 g/mol. The summed E-state index contributed by atoms with van der Waals surface area (Å²) in [6.07, 6.45) is 3.63. The van der Waals surface area contributed by atoms with Gasteiger partial charge in [-0.3, -0.25) is 4.79 Å². The van der Waals surface area contributed by atoms with Crippen molar-refractivity contribution in [2.24, 2.45) is 5.41 Å². The number of allylic oxidation sites excluding steroid dienone is 2. The van der Waals surface area contributed by atoms with E-state index in [0.29, 0.717) is 12.8 Å². The third-order valence-corrected chi connectivity index (χ3v) is 5.55. The lowest BCUT2D eigenvalue weighted by molar-refractivity contribution is -0.118. The van der Waals surface area contributed by atoms with E-state index in [1.165, 1.54) is 0 Å². The SMILES string of the molecule is C=CCc1cccc(C2Nc3ccccc3NC3=C2C(=O)CC(C)(C)C3)c1O. The van der Waals surface area contributed by atoms with Gasteiger partial charge in [0.15, 0.2) is 5.78 Å². The molecule has 1 heterocycles. The molecule has 2 aromatic rings. The minimum absolute atomic E-state index is 0.0977. The number of fused-ring (bicyclic) bond motifs is 1. The van der Waals surface area contributed by atoms with E-state index in [0.717, 1.165) is 40.2 Å². The van der Waals surface area contributed by atoms with Crippen LogP contribution in [0, 0.1) is 5.41 Å². The normalized spacial score (nSPS) is 20.4. The van der Waals surface area contributed by atoms with E-state index in [1.807, 2.05) is 42.5 Å². The Hall–Kier alpha value is -3.01. The van der Waals surface area contributed by atoms with E-state index in [1.54, 1.807) is 6.08 Å². The van der Waals surface area contributed by atoms with E-state index in [9.17, 15) is 9.90 Å². The Labute approximate surface area is 166 Å². The monoisotopic (exact) mass is 374 g/mol. The highest BCUT2D eigenvalue weighted by Crippen LogP contribution is 2.47. The zero-order valence-electron chi connectivity index (χ0n) is 16.4. The van der Waals surface area contributed by atoms with Gasteiger partial charge in [0.25, 0.3) is 0 Å². The van der Waals surface area contributed by atoms with Crippen LogP contribution < -0.4 is 10.6 Å². The highest BCUT2D eigenvalue weighted by Gasteiger charge is 2.39. The fraction of sp³-hybridized carbons (Fsp3) is 0.292. The number of hydrogen-bond acceptors (Lipinski definition) is 4. The summed E-state index contributed by atoms with van der Waals surface area (Å²) in [6, 6.07) is 13.3. The van der Waals surface area contributed by atoms with Crippen LogP contribution in [-0.2, 0) is 11.2 Å². The summed E-state index contributed by atoms with van der Waals surface area (Å²) >= 11 is 0. The van der Waals surface area contributed by atoms with Gasteiger partial charge < -0.3 is 15.7 Å². The second-order valence-electron chi connectivity index (χ2n) is 8.43. The number of nitrogens with one attached hydrogen (secondary N) is 2. The van der Waals surface area contributed by atoms with Gasteiger partial charge in [0, 0.05) is 23.3 Å². The van der Waals surface area contributed by atoms with Gasteiger partial charge in [-0.2, -0.15) is 0 Å². The lowest BCUT2D eigenvalue weighted by Crippen LogP contribution is -2.31. The minimum Gasteiger partial charge on any atom is -0.507 e. The number of para-hydroxylation sites is 3. The Balaban J connectivity index is 1.91. The van der Waals surface area contributed by atoms with Crippen LogP contribution in [0.3, 0.4) is 0 Å². The number of Topliss-reactive ketones (excluding diaryl/α,β-unsaturated/α-hetero) is 1. The highest BCUT2D eigenvalue weighted by atomic mass is 16.3. The summed E-state index contributed by atoms with van der Waals surface area (Å²) in [7, 11) is 0. The number of anilines is 2. The van der Waals surface area contributed by atoms with Crippen LogP contribution >= 0.6 is 0 Å². The van der Waals surface area contributed by atoms with Gasteiger partial charge in [-0.05, 0) is 36.0 Å². The first kappa shape index (κ1) is 18.4. The Morgan fingerprint density at radius 2 is 1.89 bits per heavy atom. The third kappa shape index (κ3) is 3.19. The molecule has 144 valence electrons. The largest absolute Gasteiger partial charge is 0.507 e. The van der Waals surface area contributed by atoms with E-state index < -0.39 is 6.04 Å². The van der Waals surface area contributed by atoms with Crippen molar-refractivity contribution in [2.75, 3.05) is 10.6 Å². The van der Waals surface area contributed by atoms with Gasteiger partial charge in [-0.15, -0.1) is 6.58 Å². The molecule has 0 spiro atoms. The maximum Gasteiger partial charge on any atom is 0.163 e. The van der Waals surface area contributed by atoms with E-state index >= 15 is 0 Å². The minimum atomic E-state index is -0.403. The second-order valence-corrected chi connectivity index (χ2v) is 8.43. The van der Waals surface area contributed by atoms with Crippen LogP contribution in [0.25, 0.3) is 0 Å². The lowest BCUT2D eigenvalue weighted by atomic mass is 9.73. The number of aromatic hydroxyl groups is 1. The number of ketones is 1. The molecule has 3 N–H and O–H groups in total. The fourth-order valence-electron chi connectivity index (χ4n) is 4.29. The van der Waals surface area contributed by atoms with Crippen LogP contribution in [0.15, 0.2) is 66.4 Å². The molecule has 0 saturated heterocycles. The number of rotatable bonds is 3. The van der Waals surface area contributed by atoms with Gasteiger partial charge in [0.05, 0.1) is 17.4 Å². The van der Waals surface area contributed by atoms with Crippen LogP contribution in [0.5, 0.6) is 5.75 Å². The van der Waals surface area contributed by atoms with Crippen molar-refractivity contribution in [2.45, 2.75) is 39.2 Å². The van der Waals surface area contributed by atoms with Crippen molar-refractivity contribution >= 4 is 17.2 Å². The number of hydrogen-bond donors (Lipinski definition) is 3. The molecule has 4 rings (SSSR count). The van der Waals surface area contributed by atoms with Gasteiger partial charge in [0.2, 0.25) is 0 Å². The molecule has 1 unspecified atom stereocenters. The van der Waals surface area contributed by atoms with Crippen molar-refractivity contribution in [3.8, 4) is 5.75 Å². The average Bonchev–Trinajstić information content (AvgIpc) is 2.79. The summed E-state index contributed by atoms with van der Waals surface area (Å²) < 4.78 is 0. The van der Waals surface area contributed by atoms with Crippen molar-refractivity contribution in [1.29, 1.82) is 0 Å². The molecule has 2 aromatic carbocycles. The van der Waals surface area contributed by atoms with E-state index in [2.05, 4.69) is 31.1 Å². The van der Waals surface area contributed by atoms with Gasteiger partial charge in [-0.1, -0.05) is 50.3 Å². The molecule has 2 aliphatic rings. The number of phenolic OH excluding ortho intramolecular Hbond substituents is 1. The van der Waals surface area contributed by atoms with Crippen molar-refractivity contribution < 1.29 is 9.90 Å². The number of phenols is 1. The molecule has 0 aromatic heterocycles. The molecular weight excluding hydrogens is 348 g/mol.